The molecule has 0 atom stereocenters. The standard InChI is InChI=1S/C27H24ClIN4O3S/c1-3-12-36-25-22(29)13-17(14-24(25)35-2)15-30-33-26(34)19-6-4-18(5-7-19)23-16-37-27(32-23)31-21-10-8-20(28)9-11-21/h4-11,13-16H,3,12H2,1-2H3,(H,31,32)(H,33,34)/b30-15-. The number of benzene rings is 3. The molecule has 1 heterocycles. The van der Waals surface area contributed by atoms with E-state index in [4.69, 9.17) is 21.1 Å². The Morgan fingerprint density at radius 3 is 2.62 bits per heavy atom. The third-order valence-electron chi connectivity index (χ3n) is 5.12. The van der Waals surface area contributed by atoms with Crippen LogP contribution in [0.15, 0.2) is 71.1 Å². The van der Waals surface area contributed by atoms with Crippen LogP contribution in [0.2, 0.25) is 5.02 Å². The van der Waals surface area contributed by atoms with Crippen LogP contribution in [0, 0.1) is 3.57 Å². The fourth-order valence-electron chi connectivity index (χ4n) is 3.30. The van der Waals surface area contributed by atoms with Crippen LogP contribution in [0.3, 0.4) is 0 Å². The van der Waals surface area contributed by atoms with Crippen molar-refractivity contribution in [3.8, 4) is 22.8 Å². The van der Waals surface area contributed by atoms with Crippen LogP contribution in [0.5, 0.6) is 11.5 Å². The molecule has 0 radical (unpaired) electrons. The Morgan fingerprint density at radius 2 is 1.92 bits per heavy atom. The van der Waals surface area contributed by atoms with Gasteiger partial charge in [0.1, 0.15) is 0 Å². The smallest absolute Gasteiger partial charge is 0.271 e. The molecule has 2 N–H and O–H groups in total. The van der Waals surface area contributed by atoms with Crippen molar-refractivity contribution in [3.05, 3.63) is 85.8 Å². The quantitative estimate of drug-likeness (QED) is 0.107. The van der Waals surface area contributed by atoms with Gasteiger partial charge < -0.3 is 14.8 Å². The number of anilines is 2. The molecule has 0 aliphatic carbocycles. The molecule has 0 unspecified atom stereocenters. The zero-order valence-electron chi connectivity index (χ0n) is 20.1. The molecular weight excluding hydrogens is 623 g/mol. The number of nitrogens with one attached hydrogen (secondary N) is 2. The van der Waals surface area contributed by atoms with Crippen molar-refractivity contribution < 1.29 is 14.3 Å². The predicted molar refractivity (Wildman–Crippen MR) is 159 cm³/mol. The van der Waals surface area contributed by atoms with Gasteiger partial charge in [-0.05, 0) is 83.1 Å². The van der Waals surface area contributed by atoms with Gasteiger partial charge in [-0.15, -0.1) is 11.3 Å². The summed E-state index contributed by atoms with van der Waals surface area (Å²) in [5, 5.41) is 10.8. The van der Waals surface area contributed by atoms with Gasteiger partial charge in [0.15, 0.2) is 16.6 Å². The molecule has 0 fully saturated rings. The fraction of sp³-hybridized carbons (Fsp3) is 0.148. The summed E-state index contributed by atoms with van der Waals surface area (Å²) in [7, 11) is 1.60. The van der Waals surface area contributed by atoms with Crippen LogP contribution in [0.1, 0.15) is 29.3 Å². The molecule has 0 bridgehead atoms. The van der Waals surface area contributed by atoms with Crippen molar-refractivity contribution in [2.24, 2.45) is 5.10 Å². The Bertz CT molecular complexity index is 1390. The lowest BCUT2D eigenvalue weighted by Gasteiger charge is -2.12. The average molecular weight is 647 g/mol. The summed E-state index contributed by atoms with van der Waals surface area (Å²) in [5.74, 6) is 1.02. The monoisotopic (exact) mass is 646 g/mol. The van der Waals surface area contributed by atoms with Crippen molar-refractivity contribution >= 4 is 68.5 Å². The van der Waals surface area contributed by atoms with Crippen molar-refractivity contribution in [3.63, 3.8) is 0 Å². The zero-order chi connectivity index (χ0) is 26.2. The molecule has 0 saturated heterocycles. The van der Waals surface area contributed by atoms with Gasteiger partial charge in [0.2, 0.25) is 0 Å². The van der Waals surface area contributed by atoms with Crippen LogP contribution in [0.4, 0.5) is 10.8 Å². The number of ether oxygens (including phenoxy) is 2. The van der Waals surface area contributed by atoms with Crippen LogP contribution < -0.4 is 20.2 Å². The summed E-state index contributed by atoms with van der Waals surface area (Å²) in [4.78, 5) is 17.2. The van der Waals surface area contributed by atoms with Gasteiger partial charge in [0.25, 0.3) is 5.91 Å². The van der Waals surface area contributed by atoms with Gasteiger partial charge in [-0.2, -0.15) is 5.10 Å². The number of halogens is 2. The topological polar surface area (TPSA) is 84.8 Å². The molecule has 37 heavy (non-hydrogen) atoms. The van der Waals surface area contributed by atoms with Crippen LogP contribution in [-0.4, -0.2) is 30.8 Å². The summed E-state index contributed by atoms with van der Waals surface area (Å²) in [5.41, 5.74) is 6.49. The molecule has 190 valence electrons. The number of aromatic nitrogens is 1. The summed E-state index contributed by atoms with van der Waals surface area (Å²) in [6.07, 6.45) is 2.48. The van der Waals surface area contributed by atoms with E-state index in [1.807, 2.05) is 60.8 Å². The van der Waals surface area contributed by atoms with E-state index in [9.17, 15) is 4.79 Å². The van der Waals surface area contributed by atoms with E-state index in [0.29, 0.717) is 28.7 Å². The number of thiazole rings is 1. The highest BCUT2D eigenvalue weighted by Gasteiger charge is 2.11. The lowest BCUT2D eigenvalue weighted by molar-refractivity contribution is 0.0955. The van der Waals surface area contributed by atoms with E-state index in [2.05, 4.69) is 43.4 Å². The Labute approximate surface area is 238 Å². The van der Waals surface area contributed by atoms with E-state index < -0.39 is 0 Å². The number of nitrogens with zero attached hydrogens (tertiary/aromatic N) is 2. The molecule has 0 saturated carbocycles. The summed E-state index contributed by atoms with van der Waals surface area (Å²) < 4.78 is 12.1. The molecule has 4 rings (SSSR count). The van der Waals surface area contributed by atoms with E-state index in [1.54, 1.807) is 25.5 Å². The second kappa shape index (κ2) is 12.9. The normalized spacial score (nSPS) is 10.9. The van der Waals surface area contributed by atoms with Gasteiger partial charge in [-0.3, -0.25) is 4.79 Å². The Hall–Kier alpha value is -3.15. The molecule has 10 heteroatoms. The van der Waals surface area contributed by atoms with E-state index >= 15 is 0 Å². The van der Waals surface area contributed by atoms with Crippen molar-refractivity contribution in [1.29, 1.82) is 0 Å². The highest BCUT2D eigenvalue weighted by molar-refractivity contribution is 14.1. The minimum absolute atomic E-state index is 0.310. The maximum Gasteiger partial charge on any atom is 0.271 e. The van der Waals surface area contributed by atoms with E-state index in [0.717, 1.165) is 37.6 Å². The fourth-order valence-corrected chi connectivity index (χ4v) is 4.95. The number of hydrogen-bond donors (Lipinski definition) is 2. The number of hydrazone groups is 1. The Balaban J connectivity index is 1.37. The number of carbonyl (C=O) groups is 1. The third-order valence-corrected chi connectivity index (χ3v) is 6.94. The Kier molecular flexibility index (Phi) is 9.37. The number of carbonyl (C=O) groups excluding carboxylic acids is 1. The van der Waals surface area contributed by atoms with Crippen molar-refractivity contribution in [2.75, 3.05) is 19.0 Å². The summed E-state index contributed by atoms with van der Waals surface area (Å²) in [6, 6.07) is 18.4. The van der Waals surface area contributed by atoms with Crippen LogP contribution in [-0.2, 0) is 0 Å². The van der Waals surface area contributed by atoms with Crippen LogP contribution >= 0.6 is 45.5 Å². The van der Waals surface area contributed by atoms with Gasteiger partial charge in [-0.1, -0.05) is 30.7 Å². The second-order valence-corrected chi connectivity index (χ2v) is 10.3. The predicted octanol–water partition coefficient (Wildman–Crippen LogP) is 7.37. The van der Waals surface area contributed by atoms with Crippen LogP contribution in [0.25, 0.3) is 11.3 Å². The molecular formula is C27H24ClIN4O3S. The maximum atomic E-state index is 12.6. The maximum absolute atomic E-state index is 12.6. The highest BCUT2D eigenvalue weighted by atomic mass is 127. The van der Waals surface area contributed by atoms with E-state index in [-0.39, 0.29) is 5.91 Å². The minimum Gasteiger partial charge on any atom is -0.493 e. The third kappa shape index (κ3) is 7.21. The second-order valence-electron chi connectivity index (χ2n) is 7.83. The zero-order valence-corrected chi connectivity index (χ0v) is 23.9. The Morgan fingerprint density at radius 1 is 1.16 bits per heavy atom. The number of amides is 1. The lowest BCUT2D eigenvalue weighted by atomic mass is 10.1. The first-order chi connectivity index (χ1) is 18.0. The van der Waals surface area contributed by atoms with Gasteiger partial charge in [0, 0.05) is 27.2 Å². The number of rotatable bonds is 10. The first kappa shape index (κ1) is 26.9. The molecule has 3 aromatic carbocycles. The molecule has 0 spiro atoms. The molecule has 1 aromatic heterocycles. The average Bonchev–Trinajstić information content (AvgIpc) is 3.37. The number of hydrogen-bond acceptors (Lipinski definition) is 7. The van der Waals surface area contributed by atoms with Gasteiger partial charge in [0.05, 0.1) is 29.2 Å². The molecule has 1 amide bonds. The largest absolute Gasteiger partial charge is 0.493 e. The van der Waals surface area contributed by atoms with Gasteiger partial charge in [-0.25, -0.2) is 10.4 Å². The SMILES string of the molecule is CCCOc1c(I)cc(/C=N\NC(=O)c2ccc(-c3csc(Nc4ccc(Cl)cc4)n3)cc2)cc1OC. The highest BCUT2D eigenvalue weighted by Crippen LogP contribution is 2.33. The van der Waals surface area contributed by atoms with Crippen molar-refractivity contribution in [2.45, 2.75) is 13.3 Å². The van der Waals surface area contributed by atoms with Gasteiger partial charge >= 0.3 is 0 Å². The first-order valence-electron chi connectivity index (χ1n) is 11.4. The number of methoxy groups -OCH3 is 1. The summed E-state index contributed by atoms with van der Waals surface area (Å²) in [6.45, 7) is 2.66. The van der Waals surface area contributed by atoms with Crippen molar-refractivity contribution in [1.82, 2.24) is 10.4 Å². The molecule has 0 aliphatic rings. The minimum atomic E-state index is -0.310. The molecule has 7 nitrogen and oxygen atoms in total. The lowest BCUT2D eigenvalue weighted by Crippen LogP contribution is -2.17. The summed E-state index contributed by atoms with van der Waals surface area (Å²) >= 11 is 9.64. The van der Waals surface area contributed by atoms with E-state index in [1.165, 1.54) is 11.3 Å². The first-order valence-corrected chi connectivity index (χ1v) is 13.7. The molecule has 4 aromatic rings. The molecule has 0 aliphatic heterocycles.